The molecular formula is C18H26O2. The predicted octanol–water partition coefficient (Wildman–Crippen LogP) is 3.49. The van der Waals surface area contributed by atoms with Gasteiger partial charge in [0.1, 0.15) is 0 Å². The summed E-state index contributed by atoms with van der Waals surface area (Å²) >= 11 is 0. The number of aliphatic hydroxyl groups excluding tert-OH is 1. The van der Waals surface area contributed by atoms with Crippen LogP contribution in [0, 0.1) is 29.1 Å². The van der Waals surface area contributed by atoms with Gasteiger partial charge in [-0.2, -0.15) is 0 Å². The van der Waals surface area contributed by atoms with E-state index in [0.29, 0.717) is 17.8 Å². The molecule has 1 N–H and O–H groups in total. The first-order valence-electron chi connectivity index (χ1n) is 9.36. The Balaban J connectivity index is 1.67. The van der Waals surface area contributed by atoms with Crippen LogP contribution in [0.5, 0.6) is 0 Å². The van der Waals surface area contributed by atoms with Gasteiger partial charge >= 0.3 is 0 Å². The maximum Gasteiger partial charge on any atom is 0.155 e. The molecule has 20 heavy (non-hydrogen) atoms. The third kappa shape index (κ3) is 1.70. The number of fused-ring (bicyclic) bond motifs is 5. The third-order valence-corrected chi connectivity index (χ3v) is 6.89. The molecule has 0 radical (unpaired) electrons. The van der Waals surface area contributed by atoms with E-state index in [0.717, 1.165) is 44.1 Å². The second-order valence-corrected chi connectivity index (χ2v) is 7.62. The first-order chi connectivity index (χ1) is 10.4. The molecule has 0 aromatic heterocycles. The van der Waals surface area contributed by atoms with Crippen molar-refractivity contribution in [1.29, 1.82) is 0 Å². The van der Waals surface area contributed by atoms with Crippen molar-refractivity contribution >= 4 is 5.78 Å². The summed E-state index contributed by atoms with van der Waals surface area (Å²) in [5.74, 6) is 1.54. The zero-order valence-corrected chi connectivity index (χ0v) is 12.2. The van der Waals surface area contributed by atoms with Gasteiger partial charge in [-0.1, -0.05) is 12.5 Å². The lowest BCUT2D eigenvalue weighted by Gasteiger charge is -2.53. The summed E-state index contributed by atoms with van der Waals surface area (Å²) in [5.41, 5.74) is 1.21. The zero-order valence-electron chi connectivity index (χ0n) is 14.2. The lowest BCUT2D eigenvalue weighted by atomic mass is 9.52. The van der Waals surface area contributed by atoms with E-state index in [2.05, 4.69) is 6.92 Å². The highest BCUT2D eigenvalue weighted by Gasteiger charge is 2.55. The fourth-order valence-electron chi connectivity index (χ4n) is 5.79. The van der Waals surface area contributed by atoms with E-state index in [4.69, 9.17) is 2.74 Å². The Morgan fingerprint density at radius 1 is 1.30 bits per heavy atom. The Morgan fingerprint density at radius 2 is 2.15 bits per heavy atom. The maximum atomic E-state index is 11.9. The van der Waals surface area contributed by atoms with Gasteiger partial charge in [0.05, 0.1) is 6.10 Å². The van der Waals surface area contributed by atoms with Crippen LogP contribution in [-0.2, 0) is 4.79 Å². The summed E-state index contributed by atoms with van der Waals surface area (Å²) in [7, 11) is 0. The molecule has 4 rings (SSSR count). The van der Waals surface area contributed by atoms with Crippen LogP contribution in [0.1, 0.15) is 61.0 Å². The molecule has 8 atom stereocenters. The molecule has 3 saturated carbocycles. The molecule has 4 aliphatic rings. The molecule has 0 bridgehead atoms. The van der Waals surface area contributed by atoms with Crippen LogP contribution in [0.2, 0.25) is 0 Å². The highest BCUT2D eigenvalue weighted by atomic mass is 16.3. The van der Waals surface area contributed by atoms with Crippen molar-refractivity contribution in [2.24, 2.45) is 29.1 Å². The topological polar surface area (TPSA) is 37.3 Å². The molecule has 0 aliphatic heterocycles. The molecule has 2 unspecified atom stereocenters. The molecule has 0 saturated heterocycles. The lowest BCUT2D eigenvalue weighted by Crippen LogP contribution is -2.47. The predicted molar refractivity (Wildman–Crippen MR) is 78.1 cm³/mol. The second-order valence-electron chi connectivity index (χ2n) is 7.62. The summed E-state index contributed by atoms with van der Waals surface area (Å²) in [4.78, 5) is 11.9. The lowest BCUT2D eigenvalue weighted by molar-refractivity contribution is -0.116. The minimum atomic E-state index is -0.894. The van der Waals surface area contributed by atoms with Gasteiger partial charge in [0.2, 0.25) is 0 Å². The molecular weight excluding hydrogens is 248 g/mol. The van der Waals surface area contributed by atoms with Crippen molar-refractivity contribution in [2.75, 3.05) is 0 Å². The van der Waals surface area contributed by atoms with Gasteiger partial charge in [-0.15, -0.1) is 0 Å². The fraction of sp³-hybridized carbons (Fsp3) is 0.833. The smallest absolute Gasteiger partial charge is 0.155 e. The number of rotatable bonds is 0. The van der Waals surface area contributed by atoms with Crippen molar-refractivity contribution in [1.82, 2.24) is 0 Å². The Morgan fingerprint density at radius 3 is 3.00 bits per heavy atom. The van der Waals surface area contributed by atoms with E-state index < -0.39 is 12.8 Å². The van der Waals surface area contributed by atoms with Crippen molar-refractivity contribution < 1.29 is 12.6 Å². The minimum Gasteiger partial charge on any atom is -0.393 e. The van der Waals surface area contributed by atoms with Gasteiger partial charge in [-0.3, -0.25) is 4.79 Å². The van der Waals surface area contributed by atoms with Gasteiger partial charge < -0.3 is 5.11 Å². The van der Waals surface area contributed by atoms with Gasteiger partial charge in [0, 0.05) is 9.14 Å². The Labute approximate surface area is 124 Å². The Bertz CT molecular complexity index is 531. The summed E-state index contributed by atoms with van der Waals surface area (Å²) < 4.78 is 16.4. The Kier molecular flexibility index (Phi) is 2.44. The van der Waals surface area contributed by atoms with Crippen LogP contribution >= 0.6 is 0 Å². The third-order valence-electron chi connectivity index (χ3n) is 6.89. The number of hydrogen-bond donors (Lipinski definition) is 1. The number of ketones is 1. The van der Waals surface area contributed by atoms with E-state index >= 15 is 0 Å². The van der Waals surface area contributed by atoms with Crippen molar-refractivity contribution in [3.63, 3.8) is 0 Å². The molecule has 2 heteroatoms. The summed E-state index contributed by atoms with van der Waals surface area (Å²) in [6.07, 6.45) is 6.18. The normalized spacial score (nSPS) is 59.8. The monoisotopic (exact) mass is 278 g/mol. The van der Waals surface area contributed by atoms with E-state index in [9.17, 15) is 9.90 Å². The molecule has 4 aliphatic carbocycles. The van der Waals surface area contributed by atoms with Gasteiger partial charge in [-0.25, -0.2) is 0 Å². The van der Waals surface area contributed by atoms with E-state index in [-0.39, 0.29) is 23.2 Å². The summed E-state index contributed by atoms with van der Waals surface area (Å²) in [6.45, 7) is 2.26. The molecule has 0 spiro atoms. The molecule has 0 aromatic carbocycles. The number of allylic oxidation sites excluding steroid dienone is 1. The fourth-order valence-corrected chi connectivity index (χ4v) is 5.79. The van der Waals surface area contributed by atoms with Crippen LogP contribution < -0.4 is 0 Å². The van der Waals surface area contributed by atoms with Gasteiger partial charge in [-0.05, 0) is 80.1 Å². The molecule has 0 aromatic rings. The van der Waals surface area contributed by atoms with Crippen LogP contribution in [0.4, 0.5) is 0 Å². The van der Waals surface area contributed by atoms with Crippen LogP contribution in [-0.4, -0.2) is 17.0 Å². The van der Waals surface area contributed by atoms with E-state index in [1.165, 1.54) is 0 Å². The number of carbonyl (C=O) groups is 1. The quantitative estimate of drug-likeness (QED) is 0.736. The minimum absolute atomic E-state index is 0.0603. The highest BCUT2D eigenvalue weighted by Crippen LogP contribution is 2.61. The van der Waals surface area contributed by atoms with Crippen molar-refractivity contribution in [3.8, 4) is 0 Å². The van der Waals surface area contributed by atoms with Crippen molar-refractivity contribution in [3.05, 3.63) is 11.6 Å². The van der Waals surface area contributed by atoms with E-state index in [1.54, 1.807) is 6.08 Å². The van der Waals surface area contributed by atoms with Crippen molar-refractivity contribution in [2.45, 2.75) is 64.3 Å². The highest BCUT2D eigenvalue weighted by molar-refractivity contribution is 5.91. The average Bonchev–Trinajstić information content (AvgIpc) is 2.80. The molecule has 110 valence electrons. The molecule has 0 heterocycles. The Hall–Kier alpha value is -0.630. The number of carbonyl (C=O) groups excluding carboxylic acids is 1. The van der Waals surface area contributed by atoms with E-state index in [1.807, 2.05) is 0 Å². The summed E-state index contributed by atoms with van der Waals surface area (Å²) in [6, 6.07) is 0. The van der Waals surface area contributed by atoms with Gasteiger partial charge in [0.25, 0.3) is 0 Å². The first-order valence-corrected chi connectivity index (χ1v) is 8.20. The molecule has 2 nitrogen and oxygen atoms in total. The molecule has 3 fully saturated rings. The zero-order chi connectivity index (χ0) is 15.6. The first kappa shape index (κ1) is 11.0. The molecule has 0 amide bonds. The van der Waals surface area contributed by atoms with Crippen LogP contribution in [0.25, 0.3) is 0 Å². The van der Waals surface area contributed by atoms with Crippen LogP contribution in [0.3, 0.4) is 0 Å². The maximum absolute atomic E-state index is 11.9. The standard InChI is InChI=1S/C18H26O2/c1-18-9-8-14-13-5-3-12(19)10-11(13)2-4-15(14)16(18)6-7-17(18)20/h10,13-17,20H,2-9H2,1H3/t13-,14+,15+,16-,17-,18-/m0/s1/i3T,5T/t3?,5?,13-,14+,15+,16-,17-,18-. The SMILES string of the molecule is [3H]C1C(=O)C=C2CC[C@@H]3[C@H](CC[C@]4(C)[C@@H](O)CC[C@@H]34)[C@H]2C1[3H]. The average molecular weight is 278 g/mol. The summed E-state index contributed by atoms with van der Waals surface area (Å²) in [5, 5.41) is 10.4. The number of hydrogen-bond acceptors (Lipinski definition) is 2. The number of aliphatic hydroxyl groups is 1. The largest absolute Gasteiger partial charge is 0.393 e. The van der Waals surface area contributed by atoms with Crippen LogP contribution in [0.15, 0.2) is 11.6 Å². The van der Waals surface area contributed by atoms with Gasteiger partial charge in [0.15, 0.2) is 5.78 Å². The second kappa shape index (κ2) is 4.43.